The maximum atomic E-state index is 12.2. The third kappa shape index (κ3) is 6.09. The zero-order valence-electron chi connectivity index (χ0n) is 23.8. The van der Waals surface area contributed by atoms with Crippen molar-refractivity contribution < 1.29 is 13.2 Å². The Morgan fingerprint density at radius 1 is 1.10 bits per heavy atom. The number of methoxy groups -OCH3 is 1. The van der Waals surface area contributed by atoms with Crippen molar-refractivity contribution in [3.63, 3.8) is 0 Å². The molecule has 1 saturated heterocycles. The van der Waals surface area contributed by atoms with Crippen LogP contribution in [-0.2, 0) is 9.84 Å². The van der Waals surface area contributed by atoms with Gasteiger partial charge in [-0.15, -0.1) is 0 Å². The zero-order valence-corrected chi connectivity index (χ0v) is 24.6. The van der Waals surface area contributed by atoms with Crippen LogP contribution in [0.4, 0.5) is 17.6 Å². The summed E-state index contributed by atoms with van der Waals surface area (Å²) in [5.74, 6) is 2.42. The van der Waals surface area contributed by atoms with Crippen molar-refractivity contribution in [3.05, 3.63) is 70.7 Å². The van der Waals surface area contributed by atoms with Gasteiger partial charge in [0, 0.05) is 35.8 Å². The van der Waals surface area contributed by atoms with Gasteiger partial charge in [0.2, 0.25) is 5.95 Å². The second-order valence-electron chi connectivity index (χ2n) is 10.1. The lowest BCUT2D eigenvalue weighted by Gasteiger charge is -2.32. The first kappa shape index (κ1) is 28.3. The first-order valence-electron chi connectivity index (χ1n) is 13.6. The molecule has 0 amide bonds. The number of nitrogens with one attached hydrogen (secondary N) is 1. The Kier molecular flexibility index (Phi) is 8.07. The van der Waals surface area contributed by atoms with E-state index in [1.165, 1.54) is 0 Å². The van der Waals surface area contributed by atoms with Crippen molar-refractivity contribution in [2.24, 2.45) is 0 Å². The molecule has 3 aromatic heterocycles. The molecule has 10 nitrogen and oxygen atoms in total. The molecule has 1 aliphatic heterocycles. The van der Waals surface area contributed by atoms with Gasteiger partial charge >= 0.3 is 0 Å². The highest BCUT2D eigenvalue weighted by Gasteiger charge is 2.27. The molecule has 0 bridgehead atoms. The van der Waals surface area contributed by atoms with Crippen LogP contribution in [0.5, 0.6) is 5.75 Å². The number of hydrogen-bond acceptors (Lipinski definition) is 10. The van der Waals surface area contributed by atoms with Gasteiger partial charge in [-0.05, 0) is 56.2 Å². The molecule has 4 heterocycles. The van der Waals surface area contributed by atoms with Crippen LogP contribution in [0.1, 0.15) is 47.5 Å². The molecule has 1 aliphatic rings. The number of fused-ring (bicyclic) bond motifs is 1. The highest BCUT2D eigenvalue weighted by atomic mass is 32.2. The van der Waals surface area contributed by atoms with E-state index in [1.54, 1.807) is 13.3 Å². The Labute approximate surface area is 240 Å². The predicted molar refractivity (Wildman–Crippen MR) is 165 cm³/mol. The SMILES string of the molecule is CCC(Nc1nc(N)nc(C)c1/C=C/c1ncccc1OC)c1cc2cccc(C)c2nc1N1CCS(=O)(=O)CC1. The highest BCUT2D eigenvalue weighted by Crippen LogP contribution is 2.35. The Hall–Kier alpha value is -4.25. The molecule has 0 spiro atoms. The van der Waals surface area contributed by atoms with Crippen LogP contribution in [0.15, 0.2) is 42.6 Å². The summed E-state index contributed by atoms with van der Waals surface area (Å²) in [6, 6.07) is 11.8. The summed E-state index contributed by atoms with van der Waals surface area (Å²) in [7, 11) is -1.44. The molecule has 41 heavy (non-hydrogen) atoms. The number of benzene rings is 1. The molecule has 3 N–H and O–H groups in total. The van der Waals surface area contributed by atoms with Gasteiger partial charge in [-0.3, -0.25) is 4.98 Å². The van der Waals surface area contributed by atoms with Crippen molar-refractivity contribution in [2.75, 3.05) is 47.7 Å². The third-order valence-corrected chi connectivity index (χ3v) is 8.98. The highest BCUT2D eigenvalue weighted by molar-refractivity contribution is 7.91. The molecule has 1 fully saturated rings. The number of sulfone groups is 1. The number of rotatable bonds is 8. The van der Waals surface area contributed by atoms with E-state index in [0.29, 0.717) is 30.4 Å². The number of pyridine rings is 2. The van der Waals surface area contributed by atoms with E-state index in [2.05, 4.69) is 44.2 Å². The Balaban J connectivity index is 1.58. The fraction of sp³-hybridized carbons (Fsp3) is 0.333. The fourth-order valence-corrected chi connectivity index (χ4v) is 6.33. The first-order chi connectivity index (χ1) is 19.7. The van der Waals surface area contributed by atoms with Crippen LogP contribution < -0.4 is 20.7 Å². The Bertz CT molecular complexity index is 1710. The van der Waals surface area contributed by atoms with Gasteiger partial charge < -0.3 is 20.7 Å². The lowest BCUT2D eigenvalue weighted by molar-refractivity contribution is 0.412. The number of anilines is 3. The minimum atomic E-state index is -3.05. The van der Waals surface area contributed by atoms with Crippen LogP contribution in [0.2, 0.25) is 0 Å². The summed E-state index contributed by atoms with van der Waals surface area (Å²) in [6.07, 6.45) is 6.21. The number of nitrogen functional groups attached to an aromatic ring is 1. The third-order valence-electron chi connectivity index (χ3n) is 7.38. The van der Waals surface area contributed by atoms with Gasteiger partial charge in [-0.2, -0.15) is 4.98 Å². The fourth-order valence-electron chi connectivity index (χ4n) is 5.13. The molecule has 1 aromatic carbocycles. The van der Waals surface area contributed by atoms with Gasteiger partial charge in [-0.25, -0.2) is 18.4 Å². The van der Waals surface area contributed by atoms with Crippen molar-refractivity contribution >= 4 is 50.5 Å². The number of ether oxygens (including phenoxy) is 1. The summed E-state index contributed by atoms with van der Waals surface area (Å²) in [4.78, 5) is 20.6. The molecule has 0 radical (unpaired) electrons. The molecule has 1 unspecified atom stereocenters. The number of aromatic nitrogens is 4. The van der Waals surface area contributed by atoms with E-state index >= 15 is 0 Å². The number of aryl methyl sites for hydroxylation is 2. The molecular formula is C30H35N7O3S. The maximum Gasteiger partial charge on any atom is 0.222 e. The van der Waals surface area contributed by atoms with E-state index in [9.17, 15) is 8.42 Å². The van der Waals surface area contributed by atoms with Gasteiger partial charge in [-0.1, -0.05) is 25.1 Å². The first-order valence-corrected chi connectivity index (χ1v) is 15.4. The number of nitrogens with two attached hydrogens (primary N) is 1. The molecule has 0 saturated carbocycles. The average molecular weight is 574 g/mol. The second kappa shape index (κ2) is 11.7. The summed E-state index contributed by atoms with van der Waals surface area (Å²) in [5, 5.41) is 4.64. The van der Waals surface area contributed by atoms with Crippen LogP contribution in [-0.4, -0.2) is 60.1 Å². The molecule has 214 valence electrons. The molecule has 1 atom stereocenters. The number of para-hydroxylation sites is 1. The average Bonchev–Trinajstić information content (AvgIpc) is 2.95. The second-order valence-corrected chi connectivity index (χ2v) is 12.4. The molecule has 0 aliphatic carbocycles. The van der Waals surface area contributed by atoms with E-state index in [4.69, 9.17) is 15.5 Å². The molecule has 5 rings (SSSR count). The minimum Gasteiger partial charge on any atom is -0.494 e. The van der Waals surface area contributed by atoms with Crippen molar-refractivity contribution in [1.29, 1.82) is 0 Å². The molecule has 4 aromatic rings. The summed E-state index contributed by atoms with van der Waals surface area (Å²) >= 11 is 0. The molecule has 11 heteroatoms. The van der Waals surface area contributed by atoms with E-state index in [1.807, 2.05) is 50.3 Å². The quantitative estimate of drug-likeness (QED) is 0.308. The van der Waals surface area contributed by atoms with Gasteiger partial charge in [0.25, 0.3) is 0 Å². The smallest absolute Gasteiger partial charge is 0.222 e. The van der Waals surface area contributed by atoms with Crippen molar-refractivity contribution in [3.8, 4) is 5.75 Å². The number of nitrogens with zero attached hydrogens (tertiary/aromatic N) is 5. The van der Waals surface area contributed by atoms with Crippen LogP contribution in [0, 0.1) is 13.8 Å². The minimum absolute atomic E-state index is 0.109. The summed E-state index contributed by atoms with van der Waals surface area (Å²) in [6.45, 7) is 6.82. The maximum absolute atomic E-state index is 12.2. The lowest BCUT2D eigenvalue weighted by atomic mass is 10.00. The van der Waals surface area contributed by atoms with E-state index < -0.39 is 9.84 Å². The lowest BCUT2D eigenvalue weighted by Crippen LogP contribution is -2.41. The topological polar surface area (TPSA) is 136 Å². The van der Waals surface area contributed by atoms with Gasteiger partial charge in [0.05, 0.1) is 35.9 Å². The zero-order chi connectivity index (χ0) is 29.1. The standard InChI is InChI=1S/C30H35N7O3S/c1-5-24(34-28-22(20(3)33-30(31)36-28)11-12-25-26(40-4)10-7-13-32-25)23-18-21-9-6-8-19(2)27(21)35-29(23)37-14-16-41(38,39)17-15-37/h6-13,18,24H,5,14-17H2,1-4H3,(H3,31,33,34,36)/b12-11+. The summed E-state index contributed by atoms with van der Waals surface area (Å²) < 4.78 is 29.9. The van der Waals surface area contributed by atoms with Crippen LogP contribution in [0.25, 0.3) is 23.1 Å². The van der Waals surface area contributed by atoms with Crippen LogP contribution in [0.3, 0.4) is 0 Å². The van der Waals surface area contributed by atoms with Crippen molar-refractivity contribution in [1.82, 2.24) is 19.9 Å². The summed E-state index contributed by atoms with van der Waals surface area (Å²) in [5.41, 5.74) is 11.2. The van der Waals surface area contributed by atoms with Gasteiger partial charge in [0.1, 0.15) is 23.1 Å². The van der Waals surface area contributed by atoms with Gasteiger partial charge in [0.15, 0.2) is 9.84 Å². The largest absolute Gasteiger partial charge is 0.494 e. The Morgan fingerprint density at radius 3 is 2.61 bits per heavy atom. The van der Waals surface area contributed by atoms with E-state index in [0.717, 1.165) is 45.5 Å². The van der Waals surface area contributed by atoms with Crippen molar-refractivity contribution in [2.45, 2.75) is 33.2 Å². The Morgan fingerprint density at radius 2 is 1.88 bits per heavy atom. The number of hydrogen-bond donors (Lipinski definition) is 2. The van der Waals surface area contributed by atoms with E-state index in [-0.39, 0.29) is 23.5 Å². The molecular weight excluding hydrogens is 538 g/mol. The monoisotopic (exact) mass is 573 g/mol. The van der Waals surface area contributed by atoms with Crippen LogP contribution >= 0.6 is 0 Å². The predicted octanol–water partition coefficient (Wildman–Crippen LogP) is 4.60. The normalized spacial score (nSPS) is 15.8.